The Morgan fingerprint density at radius 3 is 1.45 bits per heavy atom. The molecule has 0 saturated heterocycles. The largest absolute Gasteiger partial charge is 0.0636 e. The van der Waals surface area contributed by atoms with Crippen LogP contribution in [-0.2, 0) is 0 Å². The van der Waals surface area contributed by atoms with Crippen LogP contribution in [0, 0.1) is 13.8 Å². The Labute approximate surface area is 280 Å². The monoisotopic (exact) mass is 558 g/mol. The predicted octanol–water partition coefficient (Wildman–Crippen LogP) is 11.9. The topological polar surface area (TPSA) is 0 Å². The molecule has 0 spiro atoms. The molecule has 0 aliphatic heterocycles. The van der Waals surface area contributed by atoms with E-state index in [2.05, 4.69) is 0 Å². The lowest BCUT2D eigenvalue weighted by molar-refractivity contribution is 1.39. The van der Waals surface area contributed by atoms with Gasteiger partial charge < -0.3 is 0 Å². The van der Waals surface area contributed by atoms with E-state index in [0.717, 1.165) is 0 Å². The highest BCUT2D eigenvalue weighted by Gasteiger charge is 2.18. The lowest BCUT2D eigenvalue weighted by atomic mass is 9.83. The molecule has 0 heteroatoms. The van der Waals surface area contributed by atoms with Gasteiger partial charge in [-0.25, -0.2) is 0 Å². The third-order valence-electron chi connectivity index (χ3n) is 7.06. The predicted molar refractivity (Wildman–Crippen MR) is 182 cm³/mol. The van der Waals surface area contributed by atoms with Crippen LogP contribution in [0.15, 0.2) is 145 Å². The summed E-state index contributed by atoms with van der Waals surface area (Å²) in [5, 5.41) is -4.13. The van der Waals surface area contributed by atoms with Gasteiger partial charge in [0.15, 0.2) is 0 Å². The molecule has 42 heavy (non-hydrogen) atoms. The molecule has 0 bridgehead atoms. The van der Waals surface area contributed by atoms with Crippen molar-refractivity contribution < 1.29 is 32.9 Å². The summed E-state index contributed by atoms with van der Waals surface area (Å²) >= 11 is 0. The van der Waals surface area contributed by atoms with Gasteiger partial charge in [-0.15, -0.1) is 0 Å². The number of rotatable bonds is 3. The van der Waals surface area contributed by atoms with Gasteiger partial charge in [0, 0.05) is 0 Å². The van der Waals surface area contributed by atoms with Crippen molar-refractivity contribution in [2.24, 2.45) is 0 Å². The summed E-state index contributed by atoms with van der Waals surface area (Å²) in [6, 6.07) is -18.8. The quantitative estimate of drug-likeness (QED) is 0.189. The van der Waals surface area contributed by atoms with Crippen LogP contribution in [0.1, 0.15) is 44.0 Å². The van der Waals surface area contributed by atoms with Gasteiger partial charge in [0.05, 0.1) is 32.9 Å². The van der Waals surface area contributed by atoms with E-state index in [4.69, 9.17) is 21.9 Å². The smallest absolute Gasteiger partial charge is 0.0616 e. The van der Waals surface area contributed by atoms with Crippen molar-refractivity contribution in [2.45, 2.75) is 13.8 Å². The second kappa shape index (κ2) is 9.72. The number of hydrogen-bond donors (Lipinski definition) is 0. The molecule has 0 heterocycles. The molecule has 0 amide bonds. The maximum atomic E-state index is 9.73. The van der Waals surface area contributed by atoms with Crippen molar-refractivity contribution in [1.29, 1.82) is 0 Å². The summed E-state index contributed by atoms with van der Waals surface area (Å²) < 4.78 is 214. The average molecular weight is 559 g/mol. The minimum Gasteiger partial charge on any atom is -0.0616 e. The Kier molecular flexibility index (Phi) is 2.37. The Hall–Kier alpha value is -5.20. The first kappa shape index (κ1) is 10.3. The van der Waals surface area contributed by atoms with Crippen LogP contribution in [0.3, 0.4) is 0 Å². The molecule has 0 nitrogen and oxygen atoms in total. The van der Waals surface area contributed by atoms with Crippen LogP contribution < -0.4 is 0 Å². The zero-order valence-electron chi connectivity index (χ0n) is 46.0. The van der Waals surface area contributed by atoms with Crippen molar-refractivity contribution in [2.75, 3.05) is 0 Å². The van der Waals surface area contributed by atoms with Crippen LogP contribution in [0.4, 0.5) is 0 Å². The first-order valence-electron chi connectivity index (χ1n) is 24.8. The molecular formula is C42H30. The van der Waals surface area contributed by atoms with Crippen molar-refractivity contribution in [3.63, 3.8) is 0 Å². The zero-order chi connectivity index (χ0) is 49.1. The fourth-order valence-electron chi connectivity index (χ4n) is 5.34. The Bertz CT molecular complexity index is 3530. The molecule has 0 aliphatic rings. The molecule has 8 aromatic rings. The summed E-state index contributed by atoms with van der Waals surface area (Å²) in [7, 11) is 0. The average Bonchev–Trinajstić information content (AvgIpc) is 3.28. The van der Waals surface area contributed by atoms with Gasteiger partial charge in [0.25, 0.3) is 0 Å². The van der Waals surface area contributed by atoms with Crippen LogP contribution >= 0.6 is 0 Å². The van der Waals surface area contributed by atoms with E-state index in [1.54, 1.807) is 0 Å². The summed E-state index contributed by atoms with van der Waals surface area (Å²) in [6.07, 6.45) is 0. The molecule has 8 rings (SSSR count). The third kappa shape index (κ3) is 3.84. The number of hydrogen-bond acceptors (Lipinski definition) is 0. The van der Waals surface area contributed by atoms with Gasteiger partial charge in [-0.1, -0.05) is 139 Å². The van der Waals surface area contributed by atoms with Gasteiger partial charge >= 0.3 is 0 Å². The molecule has 0 aromatic heterocycles. The lowest BCUT2D eigenvalue weighted by Crippen LogP contribution is -1.94. The first-order chi connectivity index (χ1) is 30.7. The minimum absolute atomic E-state index is 0.116. The number of benzene rings is 8. The molecular weight excluding hydrogens is 504 g/mol. The zero-order valence-corrected chi connectivity index (χ0v) is 22.0. The van der Waals surface area contributed by atoms with Gasteiger partial charge in [-0.2, -0.15) is 0 Å². The third-order valence-corrected chi connectivity index (χ3v) is 7.06. The van der Waals surface area contributed by atoms with Crippen LogP contribution in [0.2, 0.25) is 0 Å². The van der Waals surface area contributed by atoms with Crippen LogP contribution in [0.25, 0.3) is 76.5 Å². The maximum absolute atomic E-state index is 9.73. The Morgan fingerprint density at radius 2 is 0.833 bits per heavy atom. The molecule has 0 saturated carbocycles. The van der Waals surface area contributed by atoms with E-state index in [0.29, 0.717) is 0 Å². The molecule has 0 N–H and O–H groups in total. The fourth-order valence-corrected chi connectivity index (χ4v) is 5.34. The summed E-state index contributed by atoms with van der Waals surface area (Å²) in [6.45, 7) is 2.69. The SMILES string of the molecule is [2H]c1c(C)c(-c2c([2H])c([2H])c([2H])c3c([2H])c([2H])c([2H])c([2H])c23)c(C)c([2H])c1-c1c2c([2H])c([2H])c([2H])c([2H])c2c(-c2c([2H])c([2H])c3c([2H])c([2H])c([2H])c([2H])c3c2[2H])c2c([2H])c([2H])c([2H])c([2H])c12. The molecule has 0 atom stereocenters. The normalized spacial score (nSPS) is 19.6. The standard InChI is InChI=1S/C42H30/c1-27-24-33(25-28(2)40(27)35-21-11-15-30-13-5-6-16-34(30)35)42-38-19-9-7-17-36(38)41(37-18-8-10-20-39(37)42)32-23-22-29-12-3-4-14-31(29)26-32/h3-26H,1-2H3/i3D,4D,5D,6D,7D,8D,9D,10D,11D,12D,13D,14D,15D,16D,17D,18D,19D,20D,21D,22D,23D,24D,25D,26D. The number of fused-ring (bicyclic) bond motifs is 4. The van der Waals surface area contributed by atoms with Gasteiger partial charge in [-0.05, 0) is 107 Å². The minimum atomic E-state index is -0.894. The Balaban J connectivity index is 1.68. The van der Waals surface area contributed by atoms with E-state index in [1.165, 1.54) is 13.8 Å². The van der Waals surface area contributed by atoms with E-state index in [1.807, 2.05) is 0 Å². The molecule has 0 unspecified atom stereocenters. The highest BCUT2D eigenvalue weighted by atomic mass is 14.2. The molecule has 198 valence electrons. The van der Waals surface area contributed by atoms with E-state index in [9.17, 15) is 11.0 Å². The van der Waals surface area contributed by atoms with Crippen LogP contribution in [0.5, 0.6) is 0 Å². The molecule has 0 radical (unpaired) electrons. The summed E-state index contributed by atoms with van der Waals surface area (Å²) in [5.74, 6) is 0. The molecule has 0 fully saturated rings. The summed E-state index contributed by atoms with van der Waals surface area (Å²) in [5.41, 5.74) is -2.93. The van der Waals surface area contributed by atoms with E-state index in [-0.39, 0.29) is 27.6 Å². The highest BCUT2D eigenvalue weighted by Crippen LogP contribution is 2.45. The Morgan fingerprint density at radius 1 is 0.357 bits per heavy atom. The highest BCUT2D eigenvalue weighted by molar-refractivity contribution is 6.22. The summed E-state index contributed by atoms with van der Waals surface area (Å²) in [4.78, 5) is 0. The molecule has 0 aliphatic carbocycles. The van der Waals surface area contributed by atoms with Gasteiger partial charge in [0.2, 0.25) is 0 Å². The van der Waals surface area contributed by atoms with Gasteiger partial charge in [0.1, 0.15) is 0 Å². The van der Waals surface area contributed by atoms with E-state index >= 15 is 0 Å². The maximum Gasteiger partial charge on any atom is 0.0636 e. The fraction of sp³-hybridized carbons (Fsp3) is 0.0476. The van der Waals surface area contributed by atoms with Crippen molar-refractivity contribution in [1.82, 2.24) is 0 Å². The lowest BCUT2D eigenvalue weighted by Gasteiger charge is -2.20. The van der Waals surface area contributed by atoms with Crippen molar-refractivity contribution >= 4 is 43.1 Å². The van der Waals surface area contributed by atoms with Crippen molar-refractivity contribution in [3.05, 3.63) is 156 Å². The second-order valence-electron chi connectivity index (χ2n) is 9.50. The van der Waals surface area contributed by atoms with Crippen LogP contribution in [-0.4, -0.2) is 0 Å². The second-order valence-corrected chi connectivity index (χ2v) is 9.50. The first-order valence-corrected chi connectivity index (χ1v) is 12.8. The van der Waals surface area contributed by atoms with Crippen molar-refractivity contribution in [3.8, 4) is 33.4 Å². The van der Waals surface area contributed by atoms with E-state index < -0.39 is 205 Å². The van der Waals surface area contributed by atoms with Gasteiger partial charge in [-0.3, -0.25) is 0 Å². The molecule has 8 aromatic carbocycles.